The maximum Gasteiger partial charge on any atom is 0.416 e. The molecule has 2 fully saturated rings. The topological polar surface area (TPSA) is 41.8 Å². The van der Waals surface area contributed by atoms with Crippen molar-refractivity contribution < 1.29 is 23.0 Å². The van der Waals surface area contributed by atoms with E-state index in [9.17, 15) is 18.3 Å². The predicted molar refractivity (Wildman–Crippen MR) is 115 cm³/mol. The average molecular weight is 438 g/mol. The monoisotopic (exact) mass is 437 g/mol. The Balaban J connectivity index is 1.36. The fraction of sp³-hybridized carbons (Fsp3) is 0.720. The van der Waals surface area contributed by atoms with Crippen LogP contribution in [0.15, 0.2) is 23.2 Å². The first kappa shape index (κ1) is 22.6. The Hall–Kier alpha value is -1.56. The van der Waals surface area contributed by atoms with E-state index >= 15 is 0 Å². The molecule has 1 heterocycles. The van der Waals surface area contributed by atoms with Gasteiger partial charge in [0.1, 0.15) is 12.0 Å². The highest BCUT2D eigenvalue weighted by atomic mass is 19.4. The van der Waals surface area contributed by atoms with Gasteiger partial charge in [-0.3, -0.25) is 4.99 Å². The first-order chi connectivity index (χ1) is 14.7. The highest BCUT2D eigenvalue weighted by Crippen LogP contribution is 2.49. The zero-order chi connectivity index (χ0) is 22.2. The van der Waals surface area contributed by atoms with Gasteiger partial charge in [-0.1, -0.05) is 32.8 Å². The number of nitrogens with zero attached hydrogens (tertiary/aromatic N) is 1. The van der Waals surface area contributed by atoms with Crippen molar-refractivity contribution in [2.45, 2.75) is 77.1 Å². The quantitative estimate of drug-likeness (QED) is 0.550. The molecule has 2 saturated carbocycles. The molecule has 0 saturated heterocycles. The van der Waals surface area contributed by atoms with Crippen LogP contribution in [0.3, 0.4) is 0 Å². The third-order valence-electron chi connectivity index (χ3n) is 7.94. The number of benzene rings is 1. The lowest BCUT2D eigenvalue weighted by Gasteiger charge is -2.42. The van der Waals surface area contributed by atoms with E-state index in [0.29, 0.717) is 24.2 Å². The van der Waals surface area contributed by atoms with Gasteiger partial charge in [0.25, 0.3) is 0 Å². The van der Waals surface area contributed by atoms with Gasteiger partial charge >= 0.3 is 6.18 Å². The molecule has 5 atom stereocenters. The van der Waals surface area contributed by atoms with Gasteiger partial charge in [-0.05, 0) is 73.5 Å². The van der Waals surface area contributed by atoms with Crippen LogP contribution in [0.2, 0.25) is 0 Å². The van der Waals surface area contributed by atoms with Crippen LogP contribution in [0.25, 0.3) is 0 Å². The largest absolute Gasteiger partial charge is 0.493 e. The van der Waals surface area contributed by atoms with Crippen LogP contribution in [-0.2, 0) is 6.18 Å². The number of fused-ring (bicyclic) bond motifs is 3. The molecule has 3 nitrogen and oxygen atoms in total. The van der Waals surface area contributed by atoms with Crippen LogP contribution in [0.4, 0.5) is 13.2 Å². The van der Waals surface area contributed by atoms with Crippen molar-refractivity contribution in [2.75, 3.05) is 6.61 Å². The second-order valence-electron chi connectivity index (χ2n) is 10.1. The highest BCUT2D eigenvalue weighted by Gasteiger charge is 2.40. The van der Waals surface area contributed by atoms with E-state index in [1.807, 2.05) is 6.21 Å². The van der Waals surface area contributed by atoms with Crippen LogP contribution < -0.4 is 4.74 Å². The lowest BCUT2D eigenvalue weighted by molar-refractivity contribution is -0.137. The van der Waals surface area contributed by atoms with Crippen molar-refractivity contribution in [3.05, 3.63) is 29.3 Å². The Morgan fingerprint density at radius 2 is 1.87 bits per heavy atom. The number of aliphatic imine (C=N–C) groups is 1. The lowest BCUT2D eigenvalue weighted by atomic mass is 9.67. The van der Waals surface area contributed by atoms with Crippen LogP contribution in [0, 0.1) is 29.6 Å². The molecule has 3 aliphatic rings. The predicted octanol–water partition coefficient (Wildman–Crippen LogP) is 6.45. The van der Waals surface area contributed by atoms with E-state index in [0.717, 1.165) is 49.7 Å². The number of rotatable bonds is 4. The Morgan fingerprint density at radius 1 is 1.13 bits per heavy atom. The van der Waals surface area contributed by atoms with Crippen molar-refractivity contribution in [1.82, 2.24) is 0 Å². The Labute approximate surface area is 183 Å². The van der Waals surface area contributed by atoms with Crippen molar-refractivity contribution in [3.8, 4) is 5.75 Å². The second kappa shape index (κ2) is 9.13. The fourth-order valence-electron chi connectivity index (χ4n) is 5.73. The van der Waals surface area contributed by atoms with Gasteiger partial charge in [0, 0.05) is 18.1 Å². The summed E-state index contributed by atoms with van der Waals surface area (Å²) in [7, 11) is 0. The summed E-state index contributed by atoms with van der Waals surface area (Å²) < 4.78 is 44.8. The van der Waals surface area contributed by atoms with E-state index < -0.39 is 18.0 Å². The number of ether oxygens (including phenoxy) is 1. The van der Waals surface area contributed by atoms with Crippen molar-refractivity contribution >= 4 is 6.21 Å². The van der Waals surface area contributed by atoms with Gasteiger partial charge in [0.15, 0.2) is 0 Å². The molecule has 0 spiro atoms. The average Bonchev–Trinajstić information content (AvgIpc) is 2.76. The molecular formula is C25H34F3NO2. The van der Waals surface area contributed by atoms with Gasteiger partial charge in [-0.25, -0.2) is 0 Å². The first-order valence-electron chi connectivity index (χ1n) is 11.8. The van der Waals surface area contributed by atoms with E-state index in [-0.39, 0.29) is 17.8 Å². The van der Waals surface area contributed by atoms with Gasteiger partial charge in [0.2, 0.25) is 0 Å². The minimum atomic E-state index is -4.35. The lowest BCUT2D eigenvalue weighted by Crippen LogP contribution is -2.36. The summed E-state index contributed by atoms with van der Waals surface area (Å²) in [5.41, 5.74) is 0.251. The molecule has 2 aliphatic carbocycles. The van der Waals surface area contributed by atoms with E-state index in [4.69, 9.17) is 4.74 Å². The number of alkyl halides is 3. The Bertz CT molecular complexity index is 785. The smallest absolute Gasteiger partial charge is 0.416 e. The van der Waals surface area contributed by atoms with E-state index in [2.05, 4.69) is 18.8 Å². The maximum atomic E-state index is 13.0. The molecule has 6 heteroatoms. The van der Waals surface area contributed by atoms with Gasteiger partial charge in [-0.15, -0.1) is 0 Å². The molecule has 4 rings (SSSR count). The SMILES string of the molecule is CC1CCC(/C=N\C(O)[C@H](C)[C@H]2CC[C@@H]3c4ccc(C(F)(F)F)cc4OCC3C2)CC1. The first-order valence-corrected chi connectivity index (χ1v) is 11.8. The summed E-state index contributed by atoms with van der Waals surface area (Å²) >= 11 is 0. The Morgan fingerprint density at radius 3 is 2.58 bits per heavy atom. The van der Waals surface area contributed by atoms with Crippen LogP contribution in [0.1, 0.15) is 75.8 Å². The molecule has 0 amide bonds. The fourth-order valence-corrected chi connectivity index (χ4v) is 5.73. The number of hydrogen-bond donors (Lipinski definition) is 1. The number of hydrogen-bond acceptors (Lipinski definition) is 3. The van der Waals surface area contributed by atoms with Gasteiger partial charge in [0.05, 0.1) is 12.2 Å². The molecule has 1 aliphatic heterocycles. The molecule has 1 aromatic rings. The molecule has 0 bridgehead atoms. The van der Waals surface area contributed by atoms with Crippen LogP contribution in [0.5, 0.6) is 5.75 Å². The van der Waals surface area contributed by atoms with Crippen molar-refractivity contribution in [3.63, 3.8) is 0 Å². The molecule has 1 N–H and O–H groups in total. The van der Waals surface area contributed by atoms with Crippen molar-refractivity contribution in [1.29, 1.82) is 0 Å². The molecular weight excluding hydrogens is 403 g/mol. The molecule has 0 aromatic heterocycles. The number of aliphatic hydroxyl groups is 1. The third kappa shape index (κ3) is 5.10. The maximum absolute atomic E-state index is 13.0. The summed E-state index contributed by atoms with van der Waals surface area (Å²) in [6.07, 6.45) is 4.52. The number of halogens is 3. The van der Waals surface area contributed by atoms with Gasteiger partial charge < -0.3 is 9.84 Å². The van der Waals surface area contributed by atoms with Gasteiger partial charge in [-0.2, -0.15) is 13.2 Å². The second-order valence-corrected chi connectivity index (χ2v) is 10.1. The van der Waals surface area contributed by atoms with Crippen LogP contribution in [-0.4, -0.2) is 24.2 Å². The van der Waals surface area contributed by atoms with Crippen LogP contribution >= 0.6 is 0 Å². The summed E-state index contributed by atoms with van der Waals surface area (Å²) in [5.74, 6) is 2.59. The summed E-state index contributed by atoms with van der Waals surface area (Å²) in [6, 6.07) is 3.91. The summed E-state index contributed by atoms with van der Waals surface area (Å²) in [5, 5.41) is 10.7. The molecule has 31 heavy (non-hydrogen) atoms. The van der Waals surface area contributed by atoms with E-state index in [1.165, 1.54) is 18.9 Å². The normalized spacial score (nSPS) is 33.3. The number of aliphatic hydroxyl groups excluding tert-OH is 1. The molecule has 172 valence electrons. The summed E-state index contributed by atoms with van der Waals surface area (Å²) in [6.45, 7) is 4.81. The summed E-state index contributed by atoms with van der Waals surface area (Å²) in [4.78, 5) is 4.51. The minimum Gasteiger partial charge on any atom is -0.493 e. The highest BCUT2D eigenvalue weighted by molar-refractivity contribution is 5.61. The molecule has 2 unspecified atom stereocenters. The zero-order valence-electron chi connectivity index (χ0n) is 18.4. The van der Waals surface area contributed by atoms with E-state index in [1.54, 1.807) is 6.07 Å². The molecule has 1 aromatic carbocycles. The van der Waals surface area contributed by atoms with Crippen molar-refractivity contribution in [2.24, 2.45) is 34.6 Å². The zero-order valence-corrected chi connectivity index (χ0v) is 18.4. The third-order valence-corrected chi connectivity index (χ3v) is 7.94. The Kier molecular flexibility index (Phi) is 6.66. The molecule has 0 radical (unpaired) electrons. The minimum absolute atomic E-state index is 0.0636. The standard InChI is InChI=1S/C25H34F3NO2/c1-15-3-5-17(6-4-15)13-29-24(30)16(2)18-7-9-21-19(11-18)14-31-23-12-20(25(26,27)28)8-10-22(21)23/h8,10,12-13,15-19,21,24,30H,3-7,9,11,14H2,1-2H3/b29-13-/t15?,16-,17?,18+,19?,21+,24?/m1/s1.